The first-order chi connectivity index (χ1) is 6.02. The highest BCUT2D eigenvalue weighted by atomic mass is 28.3. The van der Waals surface area contributed by atoms with Crippen molar-refractivity contribution < 1.29 is 19.7 Å². The third kappa shape index (κ3) is 4.40. The maximum absolute atomic E-state index is 10.9. The summed E-state index contributed by atoms with van der Waals surface area (Å²) in [6.07, 6.45) is -0.650. The third-order valence-corrected chi connectivity index (χ3v) is 3.29. The van der Waals surface area contributed by atoms with Crippen LogP contribution in [0.2, 0.25) is 13.1 Å². The van der Waals surface area contributed by atoms with Gasteiger partial charge in [0.2, 0.25) is 0 Å². The van der Waals surface area contributed by atoms with Crippen LogP contribution in [0, 0.1) is 0 Å². The second kappa shape index (κ2) is 6.12. The summed E-state index contributed by atoms with van der Waals surface area (Å²) >= 11 is 0. The lowest BCUT2D eigenvalue weighted by atomic mass is 10.4. The highest BCUT2D eigenvalue weighted by Crippen LogP contribution is 2.05. The largest absolute Gasteiger partial charge is 0.464 e. The molecule has 77 valence electrons. The molecule has 2 N–H and O–H groups in total. The van der Waals surface area contributed by atoms with E-state index in [1.807, 2.05) is 13.1 Å². The van der Waals surface area contributed by atoms with Crippen LogP contribution in [-0.2, 0) is 9.53 Å². The van der Waals surface area contributed by atoms with Gasteiger partial charge in [-0.3, -0.25) is 4.79 Å². The lowest BCUT2D eigenvalue weighted by molar-refractivity contribution is -0.150. The molecule has 0 saturated heterocycles. The fraction of sp³-hybridized carbons (Fsp3) is 0.875. The number of hydrogen-bond acceptors (Lipinski definition) is 4. The standard InChI is InChI=1S/C8H17O4Si/c1-4-7(11)12-8(13(2)3)6(10)5-9/h6,8-10H,4-5H2,1-3H3. The van der Waals surface area contributed by atoms with Crippen molar-refractivity contribution in [1.29, 1.82) is 0 Å². The summed E-state index contributed by atoms with van der Waals surface area (Å²) in [7, 11) is -0.942. The van der Waals surface area contributed by atoms with Crippen LogP contribution in [0.4, 0.5) is 0 Å². The van der Waals surface area contributed by atoms with E-state index in [4.69, 9.17) is 9.84 Å². The first kappa shape index (κ1) is 12.6. The van der Waals surface area contributed by atoms with Crippen molar-refractivity contribution in [3.63, 3.8) is 0 Å². The Hall–Kier alpha value is -0.393. The van der Waals surface area contributed by atoms with Crippen LogP contribution in [0.25, 0.3) is 0 Å². The average Bonchev–Trinajstić information content (AvgIpc) is 2.11. The summed E-state index contributed by atoms with van der Waals surface area (Å²) in [5, 5.41) is 18.0. The molecule has 0 amide bonds. The number of carbonyl (C=O) groups excluding carboxylic acids is 1. The van der Waals surface area contributed by atoms with Crippen LogP contribution in [0.15, 0.2) is 0 Å². The van der Waals surface area contributed by atoms with Crippen LogP contribution in [0.1, 0.15) is 13.3 Å². The molecule has 0 aliphatic carbocycles. The fourth-order valence-electron chi connectivity index (χ4n) is 0.902. The van der Waals surface area contributed by atoms with Gasteiger partial charge in [-0.15, -0.1) is 0 Å². The Labute approximate surface area is 80.1 Å². The smallest absolute Gasteiger partial charge is 0.305 e. The van der Waals surface area contributed by atoms with Crippen molar-refractivity contribution in [2.75, 3.05) is 6.61 Å². The van der Waals surface area contributed by atoms with Crippen molar-refractivity contribution in [3.05, 3.63) is 0 Å². The van der Waals surface area contributed by atoms with E-state index in [-0.39, 0.29) is 12.6 Å². The van der Waals surface area contributed by atoms with Crippen LogP contribution >= 0.6 is 0 Å². The number of carbonyl (C=O) groups is 1. The molecule has 0 rings (SSSR count). The lowest BCUT2D eigenvalue weighted by Gasteiger charge is -2.23. The highest BCUT2D eigenvalue weighted by Gasteiger charge is 2.26. The maximum Gasteiger partial charge on any atom is 0.305 e. The molecular formula is C8H17O4Si. The minimum absolute atomic E-state index is 0.295. The Morgan fingerprint density at radius 1 is 1.54 bits per heavy atom. The number of ether oxygens (including phenoxy) is 1. The van der Waals surface area contributed by atoms with Gasteiger partial charge in [0.25, 0.3) is 0 Å². The van der Waals surface area contributed by atoms with Gasteiger partial charge in [-0.05, 0) is 0 Å². The Morgan fingerprint density at radius 2 is 2.08 bits per heavy atom. The molecule has 0 spiro atoms. The van der Waals surface area contributed by atoms with E-state index in [1.54, 1.807) is 6.92 Å². The summed E-state index contributed by atoms with van der Waals surface area (Å²) < 4.78 is 5.01. The zero-order valence-corrected chi connectivity index (χ0v) is 9.28. The van der Waals surface area contributed by atoms with Gasteiger partial charge in [-0.25, -0.2) is 0 Å². The van der Waals surface area contributed by atoms with E-state index in [0.717, 1.165) is 0 Å². The van der Waals surface area contributed by atoms with Crippen molar-refractivity contribution in [2.24, 2.45) is 0 Å². The number of aliphatic hydroxyl groups is 2. The molecule has 4 nitrogen and oxygen atoms in total. The second-order valence-corrected chi connectivity index (χ2v) is 5.82. The van der Waals surface area contributed by atoms with E-state index in [9.17, 15) is 9.90 Å². The van der Waals surface area contributed by atoms with E-state index < -0.39 is 20.6 Å². The monoisotopic (exact) mass is 205 g/mol. The zero-order valence-electron chi connectivity index (χ0n) is 8.28. The predicted octanol–water partition coefficient (Wildman–Crippen LogP) is -0.0450. The molecule has 5 heteroatoms. The molecule has 1 radical (unpaired) electrons. The Bertz CT molecular complexity index is 160. The topological polar surface area (TPSA) is 66.8 Å². The van der Waals surface area contributed by atoms with Crippen molar-refractivity contribution >= 4 is 14.8 Å². The average molecular weight is 205 g/mol. The van der Waals surface area contributed by atoms with Gasteiger partial charge >= 0.3 is 5.97 Å². The molecule has 0 aromatic heterocycles. The molecule has 0 aliphatic rings. The number of hydrogen-bond donors (Lipinski definition) is 2. The Kier molecular flexibility index (Phi) is 5.94. The molecule has 0 aromatic carbocycles. The molecule has 2 unspecified atom stereocenters. The first-order valence-corrected chi connectivity index (χ1v) is 6.89. The molecule has 0 heterocycles. The van der Waals surface area contributed by atoms with Gasteiger partial charge < -0.3 is 14.9 Å². The second-order valence-electron chi connectivity index (χ2n) is 3.09. The maximum atomic E-state index is 10.9. The van der Waals surface area contributed by atoms with E-state index in [1.165, 1.54) is 0 Å². The Balaban J connectivity index is 4.17. The fourth-order valence-corrected chi connectivity index (χ4v) is 2.14. The van der Waals surface area contributed by atoms with Gasteiger partial charge in [-0.1, -0.05) is 20.0 Å². The zero-order chi connectivity index (χ0) is 10.4. The van der Waals surface area contributed by atoms with Gasteiger partial charge in [0.1, 0.15) is 11.8 Å². The van der Waals surface area contributed by atoms with Crippen LogP contribution in [0.5, 0.6) is 0 Å². The lowest BCUT2D eigenvalue weighted by Crippen LogP contribution is -2.42. The summed E-state index contributed by atoms with van der Waals surface area (Å²) in [5.74, 6) is -0.330. The van der Waals surface area contributed by atoms with E-state index >= 15 is 0 Å². The van der Waals surface area contributed by atoms with Crippen LogP contribution in [0.3, 0.4) is 0 Å². The van der Waals surface area contributed by atoms with Crippen molar-refractivity contribution in [2.45, 2.75) is 38.3 Å². The van der Waals surface area contributed by atoms with Gasteiger partial charge in [0, 0.05) is 6.42 Å². The van der Waals surface area contributed by atoms with Crippen LogP contribution < -0.4 is 0 Å². The molecular weight excluding hydrogens is 188 g/mol. The number of aliphatic hydroxyl groups excluding tert-OH is 2. The van der Waals surface area contributed by atoms with Gasteiger partial charge in [0.15, 0.2) is 0 Å². The number of rotatable bonds is 5. The summed E-state index contributed by atoms with van der Waals surface area (Å²) in [6.45, 7) is 5.19. The predicted molar refractivity (Wildman–Crippen MR) is 50.7 cm³/mol. The summed E-state index contributed by atoms with van der Waals surface area (Å²) in [5.41, 5.74) is -0.512. The highest BCUT2D eigenvalue weighted by molar-refractivity contribution is 6.57. The third-order valence-electron chi connectivity index (χ3n) is 1.65. The molecule has 0 saturated carbocycles. The minimum atomic E-state index is -0.945. The Morgan fingerprint density at radius 3 is 2.38 bits per heavy atom. The molecule has 0 aliphatic heterocycles. The first-order valence-electron chi connectivity index (χ1n) is 4.31. The number of esters is 1. The molecule has 13 heavy (non-hydrogen) atoms. The summed E-state index contributed by atoms with van der Waals surface area (Å²) in [6, 6.07) is 0. The van der Waals surface area contributed by atoms with Gasteiger partial charge in [-0.2, -0.15) is 0 Å². The molecule has 0 bridgehead atoms. The van der Waals surface area contributed by atoms with Crippen molar-refractivity contribution in [3.8, 4) is 0 Å². The van der Waals surface area contributed by atoms with E-state index in [2.05, 4.69) is 0 Å². The van der Waals surface area contributed by atoms with Crippen LogP contribution in [-0.4, -0.2) is 43.4 Å². The molecule has 0 aromatic rings. The molecule has 2 atom stereocenters. The molecule has 0 fully saturated rings. The van der Waals surface area contributed by atoms with E-state index in [0.29, 0.717) is 6.42 Å². The normalized spacial score (nSPS) is 15.5. The minimum Gasteiger partial charge on any atom is -0.464 e. The SMILES string of the molecule is CCC(=O)OC(C(O)CO)[Si](C)C. The quantitative estimate of drug-likeness (QED) is 0.488. The van der Waals surface area contributed by atoms with Crippen molar-refractivity contribution in [1.82, 2.24) is 0 Å². The summed E-state index contributed by atoms with van der Waals surface area (Å²) in [4.78, 5) is 10.9. The van der Waals surface area contributed by atoms with Gasteiger partial charge in [0.05, 0.1) is 15.4 Å².